The highest BCUT2D eigenvalue weighted by molar-refractivity contribution is 4.73. The number of hydrogen-bond donors (Lipinski definition) is 2. The first-order chi connectivity index (χ1) is 13.9. The summed E-state index contributed by atoms with van der Waals surface area (Å²) in [5, 5.41) is 17.6. The summed E-state index contributed by atoms with van der Waals surface area (Å²) >= 11 is 0. The van der Waals surface area contributed by atoms with Crippen molar-refractivity contribution in [3.63, 3.8) is 0 Å². The number of aliphatic hydroxyl groups excluding tert-OH is 2. The molecule has 1 rings (SSSR count). The molecule has 28 heavy (non-hydrogen) atoms. The zero-order chi connectivity index (χ0) is 20.1. The number of rotatable bonds is 20. The zero-order valence-electron chi connectivity index (χ0n) is 19.0. The highest BCUT2D eigenvalue weighted by atomic mass is 16.3. The minimum Gasteiger partial charge on any atom is -0.396 e. The Morgan fingerprint density at radius 2 is 0.607 bits per heavy atom. The third kappa shape index (κ3) is 15.8. The highest BCUT2D eigenvalue weighted by Crippen LogP contribution is 2.34. The van der Waals surface area contributed by atoms with E-state index in [0.717, 1.165) is 24.7 Å². The predicted molar refractivity (Wildman–Crippen MR) is 123 cm³/mol. The molecule has 0 atom stereocenters. The van der Waals surface area contributed by atoms with Gasteiger partial charge in [-0.3, -0.25) is 0 Å². The molecule has 0 aromatic carbocycles. The third-order valence-electron chi connectivity index (χ3n) is 7.01. The Morgan fingerprint density at radius 3 is 0.893 bits per heavy atom. The van der Waals surface area contributed by atoms with Crippen LogP contribution in [0.1, 0.15) is 141 Å². The molecule has 2 N–H and O–H groups in total. The van der Waals surface area contributed by atoms with E-state index in [0.29, 0.717) is 13.2 Å². The largest absolute Gasteiger partial charge is 0.396 e. The van der Waals surface area contributed by atoms with Crippen molar-refractivity contribution < 1.29 is 10.2 Å². The van der Waals surface area contributed by atoms with Gasteiger partial charge in [0.05, 0.1) is 0 Å². The van der Waals surface area contributed by atoms with Crippen molar-refractivity contribution in [2.45, 2.75) is 141 Å². The van der Waals surface area contributed by atoms with E-state index in [1.807, 2.05) is 0 Å². The minimum atomic E-state index is 0.370. The van der Waals surface area contributed by atoms with Gasteiger partial charge in [0.15, 0.2) is 0 Å². The van der Waals surface area contributed by atoms with Crippen molar-refractivity contribution in [2.75, 3.05) is 13.2 Å². The van der Waals surface area contributed by atoms with Crippen LogP contribution in [-0.4, -0.2) is 23.4 Å². The predicted octanol–water partition coefficient (Wildman–Crippen LogP) is 7.80. The van der Waals surface area contributed by atoms with Crippen molar-refractivity contribution in [3.05, 3.63) is 0 Å². The van der Waals surface area contributed by atoms with Crippen LogP contribution in [0.25, 0.3) is 0 Å². The van der Waals surface area contributed by atoms with Crippen molar-refractivity contribution in [2.24, 2.45) is 11.8 Å². The summed E-state index contributed by atoms with van der Waals surface area (Å²) in [5.41, 5.74) is 0. The van der Waals surface area contributed by atoms with Gasteiger partial charge in [0.2, 0.25) is 0 Å². The lowest BCUT2D eigenvalue weighted by molar-refractivity contribution is 0.244. The van der Waals surface area contributed by atoms with E-state index >= 15 is 0 Å². The molecule has 0 spiro atoms. The van der Waals surface area contributed by atoms with Gasteiger partial charge in [0.1, 0.15) is 0 Å². The van der Waals surface area contributed by atoms with Crippen molar-refractivity contribution in [1.82, 2.24) is 0 Å². The van der Waals surface area contributed by atoms with E-state index in [1.54, 1.807) is 0 Å². The Kier molecular flexibility index (Phi) is 18.7. The third-order valence-corrected chi connectivity index (χ3v) is 7.01. The van der Waals surface area contributed by atoms with Crippen molar-refractivity contribution in [1.29, 1.82) is 0 Å². The molecule has 0 aliphatic heterocycles. The van der Waals surface area contributed by atoms with Crippen LogP contribution in [0.15, 0.2) is 0 Å². The maximum atomic E-state index is 8.78. The Morgan fingerprint density at radius 1 is 0.357 bits per heavy atom. The van der Waals surface area contributed by atoms with Gasteiger partial charge in [0.25, 0.3) is 0 Å². The Balaban J connectivity index is 1.81. The summed E-state index contributed by atoms with van der Waals surface area (Å²) in [6.07, 6.45) is 30.3. The number of aliphatic hydroxyl groups is 2. The smallest absolute Gasteiger partial charge is 0.0431 e. The SMILES string of the molecule is OCCCCCCCCCCC1CCC(CCCCCCCCCCO)CC1. The van der Waals surface area contributed by atoms with Gasteiger partial charge >= 0.3 is 0 Å². The number of hydrogen-bond acceptors (Lipinski definition) is 2. The molecule has 0 unspecified atom stereocenters. The van der Waals surface area contributed by atoms with Crippen LogP contribution in [-0.2, 0) is 0 Å². The molecule has 0 bridgehead atoms. The van der Waals surface area contributed by atoms with Gasteiger partial charge in [-0.1, -0.05) is 128 Å². The fourth-order valence-corrected chi connectivity index (χ4v) is 5.02. The molecule has 0 amide bonds. The molecule has 2 heteroatoms. The van der Waals surface area contributed by atoms with Crippen LogP contribution in [0.3, 0.4) is 0 Å². The number of unbranched alkanes of at least 4 members (excludes halogenated alkanes) is 14. The van der Waals surface area contributed by atoms with Gasteiger partial charge in [-0.15, -0.1) is 0 Å². The lowest BCUT2D eigenvalue weighted by atomic mass is 9.78. The summed E-state index contributed by atoms with van der Waals surface area (Å²) in [7, 11) is 0. The fraction of sp³-hybridized carbons (Fsp3) is 1.00. The maximum Gasteiger partial charge on any atom is 0.0431 e. The first-order valence-electron chi connectivity index (χ1n) is 13.1. The van der Waals surface area contributed by atoms with E-state index in [4.69, 9.17) is 10.2 Å². The first-order valence-corrected chi connectivity index (χ1v) is 13.1. The fourth-order valence-electron chi connectivity index (χ4n) is 5.02. The summed E-state index contributed by atoms with van der Waals surface area (Å²) < 4.78 is 0. The van der Waals surface area contributed by atoms with Crippen LogP contribution in [0.5, 0.6) is 0 Å². The molecule has 2 nitrogen and oxygen atoms in total. The second kappa shape index (κ2) is 20.2. The molecule has 168 valence electrons. The quantitative estimate of drug-likeness (QED) is 0.206. The Labute approximate surface area is 176 Å². The standard InChI is InChI=1S/C26H52O2/c27-23-15-11-7-3-1-5-9-13-17-25-19-21-26(22-20-25)18-14-10-6-2-4-8-12-16-24-28/h25-28H,1-24H2. The first kappa shape index (κ1) is 26.0. The van der Waals surface area contributed by atoms with Crippen LogP contribution in [0.4, 0.5) is 0 Å². The van der Waals surface area contributed by atoms with E-state index in [-0.39, 0.29) is 0 Å². The van der Waals surface area contributed by atoms with E-state index in [9.17, 15) is 0 Å². The van der Waals surface area contributed by atoms with Gasteiger partial charge < -0.3 is 10.2 Å². The topological polar surface area (TPSA) is 40.5 Å². The minimum absolute atomic E-state index is 0.370. The van der Waals surface area contributed by atoms with E-state index in [2.05, 4.69) is 0 Å². The van der Waals surface area contributed by atoms with Gasteiger partial charge in [0, 0.05) is 13.2 Å². The molecular weight excluding hydrogens is 344 g/mol. The van der Waals surface area contributed by atoms with Crippen LogP contribution in [0.2, 0.25) is 0 Å². The summed E-state index contributed by atoms with van der Waals surface area (Å²) in [6.45, 7) is 0.740. The molecule has 1 aliphatic carbocycles. The second-order valence-electron chi connectivity index (χ2n) is 9.57. The average Bonchev–Trinajstić information content (AvgIpc) is 2.72. The molecule has 1 fully saturated rings. The molecule has 0 radical (unpaired) electrons. The van der Waals surface area contributed by atoms with E-state index < -0.39 is 0 Å². The van der Waals surface area contributed by atoms with Crippen molar-refractivity contribution >= 4 is 0 Å². The van der Waals surface area contributed by atoms with Crippen molar-refractivity contribution in [3.8, 4) is 0 Å². The highest BCUT2D eigenvalue weighted by Gasteiger charge is 2.20. The Hall–Kier alpha value is -0.0800. The normalized spacial score (nSPS) is 19.9. The van der Waals surface area contributed by atoms with Gasteiger partial charge in [-0.05, 0) is 24.7 Å². The molecule has 0 saturated heterocycles. The van der Waals surface area contributed by atoms with Gasteiger partial charge in [-0.2, -0.15) is 0 Å². The molecule has 0 aromatic heterocycles. The van der Waals surface area contributed by atoms with Crippen LogP contribution >= 0.6 is 0 Å². The lowest BCUT2D eigenvalue weighted by Gasteiger charge is -2.28. The maximum absolute atomic E-state index is 8.78. The molecule has 0 heterocycles. The van der Waals surface area contributed by atoms with Crippen LogP contribution in [0, 0.1) is 11.8 Å². The monoisotopic (exact) mass is 396 g/mol. The molecule has 0 aromatic rings. The second-order valence-corrected chi connectivity index (χ2v) is 9.57. The van der Waals surface area contributed by atoms with Crippen LogP contribution < -0.4 is 0 Å². The molecule has 1 aliphatic rings. The summed E-state index contributed by atoms with van der Waals surface area (Å²) in [5.74, 6) is 2.08. The van der Waals surface area contributed by atoms with E-state index in [1.165, 1.54) is 128 Å². The average molecular weight is 397 g/mol. The summed E-state index contributed by atoms with van der Waals surface area (Å²) in [4.78, 5) is 0. The molecular formula is C26H52O2. The lowest BCUT2D eigenvalue weighted by Crippen LogP contribution is -2.14. The summed E-state index contributed by atoms with van der Waals surface area (Å²) in [6, 6.07) is 0. The molecule has 1 saturated carbocycles. The Bertz CT molecular complexity index is 267. The van der Waals surface area contributed by atoms with Gasteiger partial charge in [-0.25, -0.2) is 0 Å². The zero-order valence-corrected chi connectivity index (χ0v) is 19.0.